The zero-order valence-electron chi connectivity index (χ0n) is 12.2. The highest BCUT2D eigenvalue weighted by Gasteiger charge is 2.15. The Kier molecular flexibility index (Phi) is 3.50. The maximum absolute atomic E-state index is 13.2. The Morgan fingerprint density at radius 2 is 1.86 bits per heavy atom. The molecule has 0 aliphatic heterocycles. The van der Waals surface area contributed by atoms with Gasteiger partial charge in [-0.25, -0.2) is 9.07 Å². The molecule has 0 atom stereocenters. The summed E-state index contributed by atoms with van der Waals surface area (Å²) >= 11 is 0. The number of aryl methyl sites for hydroxylation is 1. The quantitative estimate of drug-likeness (QED) is 0.745. The van der Waals surface area contributed by atoms with Gasteiger partial charge >= 0.3 is 0 Å². The minimum atomic E-state index is -0.345. The van der Waals surface area contributed by atoms with Gasteiger partial charge in [-0.15, -0.1) is 4.73 Å². The first-order valence-electron chi connectivity index (χ1n) is 6.68. The summed E-state index contributed by atoms with van der Waals surface area (Å²) < 4.78 is 16.0. The van der Waals surface area contributed by atoms with Crippen molar-refractivity contribution in [1.82, 2.24) is 14.5 Å². The van der Waals surface area contributed by atoms with Crippen LogP contribution in [-0.2, 0) is 0 Å². The molecule has 22 heavy (non-hydrogen) atoms. The van der Waals surface area contributed by atoms with Gasteiger partial charge in [0.1, 0.15) is 18.6 Å². The number of benzene rings is 1. The number of aromatic nitrogens is 3. The molecule has 6 heteroatoms. The summed E-state index contributed by atoms with van der Waals surface area (Å²) in [5.41, 5.74) is 2.51. The van der Waals surface area contributed by atoms with Crippen LogP contribution in [0.3, 0.4) is 0 Å². The highest BCUT2D eigenvalue weighted by Crippen LogP contribution is 2.25. The SMILES string of the molecule is COn1c(-c2ccc(F)cc2)c(-n2cc(C)cn2)ccc1=O. The van der Waals surface area contributed by atoms with E-state index in [1.165, 1.54) is 30.0 Å². The lowest BCUT2D eigenvalue weighted by molar-refractivity contribution is 0.161. The van der Waals surface area contributed by atoms with E-state index >= 15 is 0 Å². The first-order valence-corrected chi connectivity index (χ1v) is 6.68. The van der Waals surface area contributed by atoms with Crippen molar-refractivity contribution in [2.75, 3.05) is 7.11 Å². The minimum absolute atomic E-state index is 0.311. The predicted octanol–water partition coefficient (Wildman–Crippen LogP) is 2.21. The number of halogens is 1. The van der Waals surface area contributed by atoms with Crippen LogP contribution in [0, 0.1) is 12.7 Å². The zero-order chi connectivity index (χ0) is 15.7. The van der Waals surface area contributed by atoms with Gasteiger partial charge in [0.05, 0.1) is 11.9 Å². The molecule has 0 N–H and O–H groups in total. The molecule has 112 valence electrons. The molecule has 3 rings (SSSR count). The molecular formula is C16H14FN3O2. The molecule has 0 saturated heterocycles. The molecule has 0 radical (unpaired) electrons. The van der Waals surface area contributed by atoms with E-state index in [-0.39, 0.29) is 11.4 Å². The molecule has 1 aromatic carbocycles. The van der Waals surface area contributed by atoms with Crippen LogP contribution < -0.4 is 10.4 Å². The van der Waals surface area contributed by atoms with E-state index in [0.29, 0.717) is 16.9 Å². The molecule has 0 spiro atoms. The molecule has 2 aromatic heterocycles. The summed E-state index contributed by atoms with van der Waals surface area (Å²) in [6.45, 7) is 1.92. The average molecular weight is 299 g/mol. The molecule has 0 saturated carbocycles. The fraction of sp³-hybridized carbons (Fsp3) is 0.125. The highest BCUT2D eigenvalue weighted by molar-refractivity contribution is 5.69. The lowest BCUT2D eigenvalue weighted by Crippen LogP contribution is -2.27. The van der Waals surface area contributed by atoms with Crippen molar-refractivity contribution in [2.45, 2.75) is 6.92 Å². The lowest BCUT2D eigenvalue weighted by atomic mass is 10.1. The van der Waals surface area contributed by atoms with Crippen molar-refractivity contribution in [1.29, 1.82) is 0 Å². The second kappa shape index (κ2) is 5.48. The minimum Gasteiger partial charge on any atom is -0.413 e. The summed E-state index contributed by atoms with van der Waals surface area (Å²) in [6.07, 6.45) is 3.56. The fourth-order valence-corrected chi connectivity index (χ4v) is 2.29. The van der Waals surface area contributed by atoms with E-state index in [0.717, 1.165) is 5.56 Å². The molecule has 0 aliphatic carbocycles. The third-order valence-corrected chi connectivity index (χ3v) is 3.29. The zero-order valence-corrected chi connectivity index (χ0v) is 12.2. The van der Waals surface area contributed by atoms with Gasteiger partial charge in [0.15, 0.2) is 0 Å². The van der Waals surface area contributed by atoms with Crippen LogP contribution in [-0.4, -0.2) is 21.6 Å². The van der Waals surface area contributed by atoms with Crippen molar-refractivity contribution < 1.29 is 9.23 Å². The van der Waals surface area contributed by atoms with E-state index in [2.05, 4.69) is 5.10 Å². The molecule has 2 heterocycles. The van der Waals surface area contributed by atoms with E-state index in [1.54, 1.807) is 29.1 Å². The number of nitrogens with zero attached hydrogens (tertiary/aromatic N) is 3. The van der Waals surface area contributed by atoms with Gasteiger partial charge < -0.3 is 4.84 Å². The summed E-state index contributed by atoms with van der Waals surface area (Å²) in [5, 5.41) is 4.27. The number of hydrogen-bond donors (Lipinski definition) is 0. The summed E-state index contributed by atoms with van der Waals surface area (Å²) in [7, 11) is 1.41. The van der Waals surface area contributed by atoms with Crippen LogP contribution in [0.2, 0.25) is 0 Å². The van der Waals surface area contributed by atoms with Gasteiger partial charge in [0.25, 0.3) is 5.56 Å². The summed E-state index contributed by atoms with van der Waals surface area (Å²) in [5.74, 6) is -0.345. The van der Waals surface area contributed by atoms with Crippen LogP contribution >= 0.6 is 0 Å². The van der Waals surface area contributed by atoms with Crippen molar-refractivity contribution in [2.24, 2.45) is 0 Å². The van der Waals surface area contributed by atoms with E-state index in [4.69, 9.17) is 4.84 Å². The van der Waals surface area contributed by atoms with Crippen molar-refractivity contribution in [3.8, 4) is 16.9 Å². The predicted molar refractivity (Wildman–Crippen MR) is 80.5 cm³/mol. The first kappa shape index (κ1) is 14.1. The Hall–Kier alpha value is -2.89. The normalized spacial score (nSPS) is 10.7. The largest absolute Gasteiger partial charge is 0.413 e. The lowest BCUT2D eigenvalue weighted by Gasteiger charge is -2.15. The second-order valence-electron chi connectivity index (χ2n) is 4.85. The topological polar surface area (TPSA) is 49.0 Å². The Balaban J connectivity index is 2.31. The molecule has 3 aromatic rings. The maximum atomic E-state index is 13.2. The molecular weight excluding hydrogens is 285 g/mol. The Morgan fingerprint density at radius 3 is 2.45 bits per heavy atom. The van der Waals surface area contributed by atoms with Gasteiger partial charge in [-0.3, -0.25) is 4.79 Å². The molecule has 0 fully saturated rings. The van der Waals surface area contributed by atoms with Gasteiger partial charge in [-0.05, 0) is 42.8 Å². The average Bonchev–Trinajstić information content (AvgIpc) is 2.94. The van der Waals surface area contributed by atoms with Crippen LogP contribution in [0.4, 0.5) is 4.39 Å². The Labute approximate surface area is 126 Å². The van der Waals surface area contributed by atoms with Crippen LogP contribution in [0.1, 0.15) is 5.56 Å². The molecule has 0 bridgehead atoms. The van der Waals surface area contributed by atoms with Crippen LogP contribution in [0.25, 0.3) is 16.9 Å². The van der Waals surface area contributed by atoms with Gasteiger partial charge in [0.2, 0.25) is 0 Å². The number of rotatable bonds is 3. The Bertz CT molecular complexity index is 866. The number of hydrogen-bond acceptors (Lipinski definition) is 3. The Morgan fingerprint density at radius 1 is 1.14 bits per heavy atom. The van der Waals surface area contributed by atoms with Crippen molar-refractivity contribution in [3.05, 3.63) is 70.5 Å². The van der Waals surface area contributed by atoms with E-state index < -0.39 is 0 Å². The molecule has 0 aliphatic rings. The molecule has 0 amide bonds. The highest BCUT2D eigenvalue weighted by atomic mass is 19.1. The molecule has 5 nitrogen and oxygen atoms in total. The third kappa shape index (κ3) is 2.39. The fourth-order valence-electron chi connectivity index (χ4n) is 2.29. The smallest absolute Gasteiger partial charge is 0.283 e. The standard InChI is InChI=1S/C16H14FN3O2/c1-11-9-18-19(10-11)14-7-8-15(21)20(22-2)16(14)12-3-5-13(17)6-4-12/h3-10H,1-2H3. The van der Waals surface area contributed by atoms with Gasteiger partial charge in [-0.1, -0.05) is 0 Å². The number of pyridine rings is 1. The third-order valence-electron chi connectivity index (χ3n) is 3.29. The van der Waals surface area contributed by atoms with E-state index in [9.17, 15) is 9.18 Å². The maximum Gasteiger partial charge on any atom is 0.283 e. The summed E-state index contributed by atoms with van der Waals surface area (Å²) in [4.78, 5) is 17.2. The first-order chi connectivity index (χ1) is 10.6. The van der Waals surface area contributed by atoms with E-state index in [1.807, 2.05) is 13.1 Å². The van der Waals surface area contributed by atoms with Crippen LogP contribution in [0.15, 0.2) is 53.6 Å². The monoisotopic (exact) mass is 299 g/mol. The second-order valence-corrected chi connectivity index (χ2v) is 4.85. The van der Waals surface area contributed by atoms with Crippen LogP contribution in [0.5, 0.6) is 0 Å². The summed E-state index contributed by atoms with van der Waals surface area (Å²) in [6, 6.07) is 8.95. The van der Waals surface area contributed by atoms with Gasteiger partial charge in [0, 0.05) is 17.8 Å². The van der Waals surface area contributed by atoms with Crippen molar-refractivity contribution in [3.63, 3.8) is 0 Å². The van der Waals surface area contributed by atoms with Crippen molar-refractivity contribution >= 4 is 0 Å². The van der Waals surface area contributed by atoms with Gasteiger partial charge in [-0.2, -0.15) is 5.10 Å². The molecule has 0 unspecified atom stereocenters.